The predicted molar refractivity (Wildman–Crippen MR) is 109 cm³/mol. The maximum atomic E-state index is 12.4. The normalized spacial score (nSPS) is 11.4. The minimum atomic E-state index is -0.103. The summed E-state index contributed by atoms with van der Waals surface area (Å²) in [5.41, 5.74) is 3.80. The van der Waals surface area contributed by atoms with Crippen LogP contribution in [0.25, 0.3) is 11.3 Å². The Morgan fingerprint density at radius 1 is 1.19 bits per heavy atom. The van der Waals surface area contributed by atoms with Gasteiger partial charge in [0.15, 0.2) is 0 Å². The standard InChI is InChI=1S/C20H21ClN4OS/c1-12-7-13(15-8-17(21)25-11-24-15)5-6-14(12)9-22-18(26)16-10-23-19(27-16)20(2,3)4/h5-8,10-11H,9H2,1-4H3,(H,22,26). The Labute approximate surface area is 167 Å². The van der Waals surface area contributed by atoms with Crippen LogP contribution >= 0.6 is 22.9 Å². The molecule has 0 saturated carbocycles. The quantitative estimate of drug-likeness (QED) is 0.639. The lowest BCUT2D eigenvalue weighted by Gasteiger charge is -2.13. The van der Waals surface area contributed by atoms with Crippen molar-refractivity contribution in [3.05, 3.63) is 63.0 Å². The Bertz CT molecular complexity index is 978. The molecule has 0 spiro atoms. The van der Waals surface area contributed by atoms with Crippen molar-refractivity contribution in [1.82, 2.24) is 20.3 Å². The van der Waals surface area contributed by atoms with Gasteiger partial charge in [-0.05, 0) is 24.1 Å². The zero-order valence-electron chi connectivity index (χ0n) is 15.7. The number of amides is 1. The first-order valence-electron chi connectivity index (χ1n) is 8.56. The first-order valence-corrected chi connectivity index (χ1v) is 9.75. The molecule has 0 aliphatic heterocycles. The Kier molecular flexibility index (Phi) is 5.58. The fourth-order valence-corrected chi connectivity index (χ4v) is 3.57. The first-order chi connectivity index (χ1) is 12.7. The molecule has 7 heteroatoms. The van der Waals surface area contributed by atoms with Gasteiger partial charge >= 0.3 is 0 Å². The Morgan fingerprint density at radius 3 is 2.59 bits per heavy atom. The second kappa shape index (κ2) is 7.74. The third-order valence-electron chi connectivity index (χ3n) is 4.08. The van der Waals surface area contributed by atoms with Gasteiger partial charge in [-0.25, -0.2) is 15.0 Å². The third kappa shape index (κ3) is 4.70. The fraction of sp³-hybridized carbons (Fsp3) is 0.300. The van der Waals surface area contributed by atoms with Crippen LogP contribution in [0.1, 0.15) is 46.6 Å². The van der Waals surface area contributed by atoms with Gasteiger partial charge in [-0.1, -0.05) is 44.5 Å². The molecule has 5 nitrogen and oxygen atoms in total. The van der Waals surface area contributed by atoms with E-state index in [0.29, 0.717) is 16.6 Å². The lowest BCUT2D eigenvalue weighted by molar-refractivity contribution is 0.0954. The van der Waals surface area contributed by atoms with Crippen LogP contribution in [0.15, 0.2) is 36.8 Å². The number of nitrogens with zero attached hydrogens (tertiary/aromatic N) is 3. The average Bonchev–Trinajstić information content (AvgIpc) is 3.11. The molecule has 0 atom stereocenters. The molecule has 0 bridgehead atoms. The molecule has 1 N–H and O–H groups in total. The van der Waals surface area contributed by atoms with Crippen LogP contribution in [0.3, 0.4) is 0 Å². The highest BCUT2D eigenvalue weighted by molar-refractivity contribution is 7.13. The number of halogens is 1. The molecule has 1 amide bonds. The van der Waals surface area contributed by atoms with E-state index in [4.69, 9.17) is 11.6 Å². The summed E-state index contributed by atoms with van der Waals surface area (Å²) in [4.78, 5) is 25.6. The van der Waals surface area contributed by atoms with E-state index in [1.54, 1.807) is 12.3 Å². The number of thiazole rings is 1. The van der Waals surface area contributed by atoms with Gasteiger partial charge in [0.2, 0.25) is 0 Å². The minimum Gasteiger partial charge on any atom is -0.347 e. The molecule has 0 aliphatic carbocycles. The number of aromatic nitrogens is 3. The van der Waals surface area contributed by atoms with Crippen molar-refractivity contribution in [2.24, 2.45) is 0 Å². The highest BCUT2D eigenvalue weighted by Gasteiger charge is 2.20. The number of benzene rings is 1. The van der Waals surface area contributed by atoms with Crippen LogP contribution < -0.4 is 5.32 Å². The van der Waals surface area contributed by atoms with Crippen molar-refractivity contribution in [3.63, 3.8) is 0 Å². The topological polar surface area (TPSA) is 67.8 Å². The van der Waals surface area contributed by atoms with E-state index >= 15 is 0 Å². The number of carbonyl (C=O) groups excluding carboxylic acids is 1. The zero-order chi connectivity index (χ0) is 19.6. The second-order valence-corrected chi connectivity index (χ2v) is 8.75. The number of hydrogen-bond acceptors (Lipinski definition) is 5. The van der Waals surface area contributed by atoms with Crippen molar-refractivity contribution >= 4 is 28.8 Å². The van der Waals surface area contributed by atoms with E-state index in [-0.39, 0.29) is 11.3 Å². The van der Waals surface area contributed by atoms with Crippen LogP contribution in [-0.4, -0.2) is 20.9 Å². The molecule has 3 aromatic rings. The summed E-state index contributed by atoms with van der Waals surface area (Å²) in [5, 5.41) is 4.34. The smallest absolute Gasteiger partial charge is 0.263 e. The van der Waals surface area contributed by atoms with Crippen molar-refractivity contribution in [2.45, 2.75) is 39.7 Å². The molecule has 0 unspecified atom stereocenters. The first kappa shape index (κ1) is 19.5. The number of nitrogens with one attached hydrogen (secondary N) is 1. The van der Waals surface area contributed by atoms with Gasteiger partial charge in [0, 0.05) is 23.6 Å². The summed E-state index contributed by atoms with van der Waals surface area (Å²) >= 11 is 7.37. The summed E-state index contributed by atoms with van der Waals surface area (Å²) in [7, 11) is 0. The zero-order valence-corrected chi connectivity index (χ0v) is 17.3. The predicted octanol–water partition coefficient (Wildman–Crippen LogP) is 4.79. The Balaban J connectivity index is 1.69. The summed E-state index contributed by atoms with van der Waals surface area (Å²) in [5.74, 6) is -0.103. The molecule has 27 heavy (non-hydrogen) atoms. The highest BCUT2D eigenvalue weighted by atomic mass is 35.5. The third-order valence-corrected chi connectivity index (χ3v) is 5.71. The van der Waals surface area contributed by atoms with Gasteiger partial charge in [-0.15, -0.1) is 11.3 Å². The minimum absolute atomic E-state index is 0.0560. The SMILES string of the molecule is Cc1cc(-c2cc(Cl)ncn2)ccc1CNC(=O)c1cnc(C(C)(C)C)s1. The second-order valence-electron chi connectivity index (χ2n) is 7.33. The van der Waals surface area contributed by atoms with Gasteiger partial charge in [0.1, 0.15) is 16.4 Å². The van der Waals surface area contributed by atoms with Crippen molar-refractivity contribution in [3.8, 4) is 11.3 Å². The number of aryl methyl sites for hydroxylation is 1. The van der Waals surface area contributed by atoms with Gasteiger partial charge in [0.05, 0.1) is 16.9 Å². The van der Waals surface area contributed by atoms with Crippen LogP contribution in [0, 0.1) is 6.92 Å². The summed E-state index contributed by atoms with van der Waals surface area (Å²) in [6.45, 7) is 8.73. The molecule has 2 aromatic heterocycles. The van der Waals surface area contributed by atoms with E-state index in [1.165, 1.54) is 17.7 Å². The van der Waals surface area contributed by atoms with Gasteiger partial charge in [0.25, 0.3) is 5.91 Å². The Hall–Kier alpha value is -2.31. The van der Waals surface area contributed by atoms with E-state index in [0.717, 1.165) is 27.4 Å². The molecule has 0 radical (unpaired) electrons. The van der Waals surface area contributed by atoms with Crippen molar-refractivity contribution < 1.29 is 4.79 Å². The molecule has 3 rings (SSSR count). The molecule has 0 fully saturated rings. The van der Waals surface area contributed by atoms with Crippen LogP contribution in [0.4, 0.5) is 0 Å². The Morgan fingerprint density at radius 2 is 1.96 bits per heavy atom. The van der Waals surface area contributed by atoms with E-state index in [2.05, 4.69) is 41.0 Å². The number of hydrogen-bond donors (Lipinski definition) is 1. The van der Waals surface area contributed by atoms with E-state index in [9.17, 15) is 4.79 Å². The van der Waals surface area contributed by atoms with Crippen molar-refractivity contribution in [1.29, 1.82) is 0 Å². The average molecular weight is 401 g/mol. The largest absolute Gasteiger partial charge is 0.347 e. The maximum absolute atomic E-state index is 12.4. The maximum Gasteiger partial charge on any atom is 0.263 e. The summed E-state index contributed by atoms with van der Waals surface area (Å²) < 4.78 is 0. The monoisotopic (exact) mass is 400 g/mol. The summed E-state index contributed by atoms with van der Waals surface area (Å²) in [6.07, 6.45) is 3.09. The van der Waals surface area contributed by atoms with Gasteiger partial charge in [-0.2, -0.15) is 0 Å². The number of carbonyl (C=O) groups is 1. The van der Waals surface area contributed by atoms with Crippen molar-refractivity contribution in [2.75, 3.05) is 0 Å². The lowest BCUT2D eigenvalue weighted by atomic mass is 9.98. The van der Waals surface area contributed by atoms with Crippen LogP contribution in [0.5, 0.6) is 0 Å². The van der Waals surface area contributed by atoms with Crippen LogP contribution in [-0.2, 0) is 12.0 Å². The fourth-order valence-electron chi connectivity index (χ4n) is 2.53. The lowest BCUT2D eigenvalue weighted by Crippen LogP contribution is -2.22. The molecule has 0 aliphatic rings. The van der Waals surface area contributed by atoms with E-state index < -0.39 is 0 Å². The number of rotatable bonds is 4. The molecule has 140 valence electrons. The molecule has 0 saturated heterocycles. The molecule has 1 aromatic carbocycles. The highest BCUT2D eigenvalue weighted by Crippen LogP contribution is 2.27. The van der Waals surface area contributed by atoms with Gasteiger partial charge in [-0.3, -0.25) is 4.79 Å². The van der Waals surface area contributed by atoms with Gasteiger partial charge < -0.3 is 5.32 Å². The molecular weight excluding hydrogens is 380 g/mol. The van der Waals surface area contributed by atoms with Crippen LogP contribution in [0.2, 0.25) is 5.15 Å². The molecule has 2 heterocycles. The molecular formula is C20H21ClN4OS. The van der Waals surface area contributed by atoms with E-state index in [1.807, 2.05) is 25.1 Å². The summed E-state index contributed by atoms with van der Waals surface area (Å²) in [6, 6.07) is 7.73.